The van der Waals surface area contributed by atoms with Gasteiger partial charge in [0.1, 0.15) is 5.76 Å². The van der Waals surface area contributed by atoms with E-state index in [4.69, 9.17) is 4.42 Å². The first kappa shape index (κ1) is 17.7. The molecule has 0 bridgehead atoms. The molecule has 2 aliphatic rings. The average molecular weight is 355 g/mol. The fourth-order valence-corrected chi connectivity index (χ4v) is 4.25. The SMILES string of the molecule is OC1CC([C@H](Cc2ccccn2)NC2CCN(Cc3ccco3)CC2)C1. The van der Waals surface area contributed by atoms with Gasteiger partial charge in [-0.2, -0.15) is 0 Å². The third kappa shape index (κ3) is 4.53. The molecule has 1 aliphatic carbocycles. The lowest BCUT2D eigenvalue weighted by Gasteiger charge is -2.41. The Balaban J connectivity index is 1.30. The van der Waals surface area contributed by atoms with E-state index in [0.29, 0.717) is 18.0 Å². The molecule has 1 aliphatic heterocycles. The number of aliphatic hydroxyl groups is 1. The van der Waals surface area contributed by atoms with Gasteiger partial charge in [-0.15, -0.1) is 0 Å². The zero-order valence-corrected chi connectivity index (χ0v) is 15.3. The van der Waals surface area contributed by atoms with Gasteiger partial charge in [0.25, 0.3) is 0 Å². The highest BCUT2D eigenvalue weighted by atomic mass is 16.3. The van der Waals surface area contributed by atoms with Gasteiger partial charge < -0.3 is 14.8 Å². The van der Waals surface area contributed by atoms with Gasteiger partial charge in [-0.3, -0.25) is 9.88 Å². The maximum Gasteiger partial charge on any atom is 0.117 e. The summed E-state index contributed by atoms with van der Waals surface area (Å²) in [7, 11) is 0. The van der Waals surface area contributed by atoms with Crippen molar-refractivity contribution in [1.29, 1.82) is 0 Å². The van der Waals surface area contributed by atoms with Gasteiger partial charge in [0.05, 0.1) is 18.9 Å². The number of furan rings is 1. The molecule has 0 radical (unpaired) electrons. The molecule has 0 amide bonds. The minimum Gasteiger partial charge on any atom is -0.468 e. The minimum absolute atomic E-state index is 0.108. The lowest BCUT2D eigenvalue weighted by Crippen LogP contribution is -2.52. The Morgan fingerprint density at radius 3 is 2.69 bits per heavy atom. The van der Waals surface area contributed by atoms with Crippen LogP contribution in [0.5, 0.6) is 0 Å². The summed E-state index contributed by atoms with van der Waals surface area (Å²) in [6, 6.07) is 11.1. The van der Waals surface area contributed by atoms with E-state index in [0.717, 1.165) is 63.2 Å². The van der Waals surface area contributed by atoms with Gasteiger partial charge in [-0.05, 0) is 55.9 Å². The molecule has 1 saturated carbocycles. The lowest BCUT2D eigenvalue weighted by atomic mass is 9.75. The van der Waals surface area contributed by atoms with Crippen LogP contribution in [0.25, 0.3) is 0 Å². The highest BCUT2D eigenvalue weighted by Gasteiger charge is 2.35. The summed E-state index contributed by atoms with van der Waals surface area (Å²) >= 11 is 0. The highest BCUT2D eigenvalue weighted by Crippen LogP contribution is 2.32. The van der Waals surface area contributed by atoms with Gasteiger partial charge in [-0.25, -0.2) is 0 Å². The molecule has 2 aromatic heterocycles. The molecule has 2 aromatic rings. The number of aliphatic hydroxyl groups excluding tert-OH is 1. The predicted molar refractivity (Wildman–Crippen MR) is 101 cm³/mol. The standard InChI is InChI=1S/C21H29N3O2/c25-19-12-16(13-19)21(14-18-4-1-2-8-22-18)23-17-6-9-24(10-7-17)15-20-5-3-11-26-20/h1-5,8,11,16-17,19,21,23,25H,6-7,9-10,12-15H2/t16?,19?,21-/m0/s1. The molecule has 140 valence electrons. The first-order valence-electron chi connectivity index (χ1n) is 9.85. The molecule has 0 unspecified atom stereocenters. The van der Waals surface area contributed by atoms with E-state index in [2.05, 4.69) is 33.4 Å². The van der Waals surface area contributed by atoms with Crippen LogP contribution >= 0.6 is 0 Å². The van der Waals surface area contributed by atoms with Crippen LogP contribution in [0.2, 0.25) is 0 Å². The summed E-state index contributed by atoms with van der Waals surface area (Å²) in [5, 5.41) is 13.6. The molecule has 2 fully saturated rings. The van der Waals surface area contributed by atoms with Crippen molar-refractivity contribution in [3.05, 3.63) is 54.2 Å². The summed E-state index contributed by atoms with van der Waals surface area (Å²) < 4.78 is 5.47. The number of piperidine rings is 1. The Hall–Kier alpha value is -1.69. The molecule has 3 heterocycles. The Kier molecular flexibility index (Phi) is 5.68. The van der Waals surface area contributed by atoms with Crippen molar-refractivity contribution in [3.8, 4) is 0 Å². The van der Waals surface area contributed by atoms with Crippen LogP contribution in [0.4, 0.5) is 0 Å². The van der Waals surface area contributed by atoms with Crippen molar-refractivity contribution >= 4 is 0 Å². The average Bonchev–Trinajstić information content (AvgIpc) is 3.14. The van der Waals surface area contributed by atoms with E-state index in [1.807, 2.05) is 18.3 Å². The fraction of sp³-hybridized carbons (Fsp3) is 0.571. The maximum absolute atomic E-state index is 9.74. The summed E-state index contributed by atoms with van der Waals surface area (Å²) in [5.41, 5.74) is 1.14. The number of hydrogen-bond acceptors (Lipinski definition) is 5. The lowest BCUT2D eigenvalue weighted by molar-refractivity contribution is 0.0198. The van der Waals surface area contributed by atoms with Crippen LogP contribution in [0, 0.1) is 5.92 Å². The molecule has 0 spiro atoms. The van der Waals surface area contributed by atoms with Crippen molar-refractivity contribution in [2.24, 2.45) is 5.92 Å². The molecule has 1 atom stereocenters. The van der Waals surface area contributed by atoms with Crippen molar-refractivity contribution < 1.29 is 9.52 Å². The largest absolute Gasteiger partial charge is 0.468 e. The van der Waals surface area contributed by atoms with E-state index in [-0.39, 0.29) is 6.10 Å². The number of nitrogens with zero attached hydrogens (tertiary/aromatic N) is 2. The van der Waals surface area contributed by atoms with Crippen LogP contribution in [0.1, 0.15) is 37.1 Å². The van der Waals surface area contributed by atoms with Crippen molar-refractivity contribution in [1.82, 2.24) is 15.2 Å². The van der Waals surface area contributed by atoms with Gasteiger partial charge in [0.15, 0.2) is 0 Å². The molecule has 1 saturated heterocycles. The number of likely N-dealkylation sites (tertiary alicyclic amines) is 1. The van der Waals surface area contributed by atoms with E-state index in [9.17, 15) is 5.11 Å². The molecule has 2 N–H and O–H groups in total. The Bertz CT molecular complexity index is 647. The Labute approximate surface area is 155 Å². The summed E-state index contributed by atoms with van der Waals surface area (Å²) in [6.45, 7) is 3.11. The van der Waals surface area contributed by atoms with E-state index >= 15 is 0 Å². The number of nitrogens with one attached hydrogen (secondary N) is 1. The summed E-state index contributed by atoms with van der Waals surface area (Å²) in [5.74, 6) is 1.61. The Morgan fingerprint density at radius 1 is 1.19 bits per heavy atom. The fourth-order valence-electron chi connectivity index (χ4n) is 4.25. The van der Waals surface area contributed by atoms with Gasteiger partial charge >= 0.3 is 0 Å². The van der Waals surface area contributed by atoms with Crippen LogP contribution in [-0.2, 0) is 13.0 Å². The first-order chi connectivity index (χ1) is 12.8. The molecule has 4 rings (SSSR count). The second-order valence-electron chi connectivity index (χ2n) is 7.81. The molecular weight excluding hydrogens is 326 g/mol. The van der Waals surface area contributed by atoms with Crippen LogP contribution < -0.4 is 5.32 Å². The topological polar surface area (TPSA) is 61.5 Å². The highest BCUT2D eigenvalue weighted by molar-refractivity contribution is 5.07. The normalized spacial score (nSPS) is 25.7. The number of aromatic nitrogens is 1. The van der Waals surface area contributed by atoms with Crippen LogP contribution in [-0.4, -0.2) is 46.3 Å². The van der Waals surface area contributed by atoms with Gasteiger partial charge in [-0.1, -0.05) is 6.07 Å². The summed E-state index contributed by atoms with van der Waals surface area (Å²) in [4.78, 5) is 6.97. The smallest absolute Gasteiger partial charge is 0.117 e. The van der Waals surface area contributed by atoms with E-state index < -0.39 is 0 Å². The monoisotopic (exact) mass is 355 g/mol. The predicted octanol–water partition coefficient (Wildman–Crippen LogP) is 2.61. The quantitative estimate of drug-likeness (QED) is 0.799. The zero-order chi connectivity index (χ0) is 17.8. The van der Waals surface area contributed by atoms with E-state index in [1.165, 1.54) is 0 Å². The molecule has 5 nitrogen and oxygen atoms in total. The minimum atomic E-state index is -0.108. The van der Waals surface area contributed by atoms with Gasteiger partial charge in [0, 0.05) is 43.5 Å². The molecule has 26 heavy (non-hydrogen) atoms. The van der Waals surface area contributed by atoms with E-state index in [1.54, 1.807) is 6.26 Å². The molecule has 5 heteroatoms. The van der Waals surface area contributed by atoms with Crippen LogP contribution in [0.15, 0.2) is 47.2 Å². The Morgan fingerprint density at radius 2 is 2.04 bits per heavy atom. The third-order valence-electron chi connectivity index (χ3n) is 5.87. The zero-order valence-electron chi connectivity index (χ0n) is 15.3. The van der Waals surface area contributed by atoms with Gasteiger partial charge in [0.2, 0.25) is 0 Å². The van der Waals surface area contributed by atoms with Crippen molar-refractivity contribution in [2.75, 3.05) is 13.1 Å². The number of hydrogen-bond donors (Lipinski definition) is 2. The maximum atomic E-state index is 9.74. The van der Waals surface area contributed by atoms with Crippen LogP contribution in [0.3, 0.4) is 0 Å². The second-order valence-corrected chi connectivity index (χ2v) is 7.81. The number of rotatable bonds is 7. The number of pyridine rings is 1. The molecule has 0 aromatic carbocycles. The first-order valence-corrected chi connectivity index (χ1v) is 9.85. The second kappa shape index (κ2) is 8.33. The van der Waals surface area contributed by atoms with Crippen molar-refractivity contribution in [2.45, 2.75) is 56.8 Å². The third-order valence-corrected chi connectivity index (χ3v) is 5.87. The summed E-state index contributed by atoms with van der Waals surface area (Å²) in [6.07, 6.45) is 8.62. The van der Waals surface area contributed by atoms with Crippen molar-refractivity contribution in [3.63, 3.8) is 0 Å². The molecular formula is C21H29N3O2.